The molecule has 3 aliphatic rings. The fourth-order valence-electron chi connectivity index (χ4n) is 5.59. The summed E-state index contributed by atoms with van der Waals surface area (Å²) in [5.41, 5.74) is 4.68. The molecule has 2 aromatic rings. The molecule has 3 atom stereocenters. The third kappa shape index (κ3) is 3.40. The summed E-state index contributed by atoms with van der Waals surface area (Å²) in [5.74, 6) is 1.53. The number of carbonyl (C=O) groups excluding carboxylic acids is 1. The Labute approximate surface area is 174 Å². The Bertz CT molecular complexity index is 904. The van der Waals surface area contributed by atoms with Crippen LogP contribution in [0.4, 0.5) is 5.69 Å². The van der Waals surface area contributed by atoms with Crippen molar-refractivity contribution in [1.82, 2.24) is 4.90 Å². The summed E-state index contributed by atoms with van der Waals surface area (Å²) in [6, 6.07) is 17.0. The van der Waals surface area contributed by atoms with E-state index in [2.05, 4.69) is 66.5 Å². The highest BCUT2D eigenvalue weighted by atomic mass is 16.1. The topological polar surface area (TPSA) is 32.3 Å². The van der Waals surface area contributed by atoms with Gasteiger partial charge in [-0.15, -0.1) is 0 Å². The Morgan fingerprint density at radius 3 is 2.69 bits per heavy atom. The molecule has 0 unspecified atom stereocenters. The van der Waals surface area contributed by atoms with Gasteiger partial charge in [-0.1, -0.05) is 44.2 Å². The number of fused-ring (bicyclic) bond motifs is 4. The first-order valence-corrected chi connectivity index (χ1v) is 11.3. The molecule has 1 saturated carbocycles. The number of ketones is 1. The molecule has 29 heavy (non-hydrogen) atoms. The number of nitrogens with zero attached hydrogens (tertiary/aromatic N) is 1. The summed E-state index contributed by atoms with van der Waals surface area (Å²) in [5, 5.41) is 3.57. The SMILES string of the molecule is C[C@H]1[C@H]2C(=O)c3ccc(NCc4ccccc4)cc3[C@]1(C)CCCN2CC1CC1. The second-order valence-corrected chi connectivity index (χ2v) is 9.66. The molecule has 0 radical (unpaired) electrons. The average molecular weight is 389 g/mol. The van der Waals surface area contributed by atoms with Crippen LogP contribution in [0.3, 0.4) is 0 Å². The van der Waals surface area contributed by atoms with E-state index in [1.807, 2.05) is 6.07 Å². The molecule has 0 aromatic heterocycles. The second-order valence-electron chi connectivity index (χ2n) is 9.66. The highest BCUT2D eigenvalue weighted by Crippen LogP contribution is 2.49. The predicted molar refractivity (Wildman–Crippen MR) is 118 cm³/mol. The Morgan fingerprint density at radius 2 is 1.93 bits per heavy atom. The van der Waals surface area contributed by atoms with Gasteiger partial charge in [0.25, 0.3) is 0 Å². The zero-order valence-corrected chi connectivity index (χ0v) is 17.7. The molecule has 1 saturated heterocycles. The molecule has 3 nitrogen and oxygen atoms in total. The van der Waals surface area contributed by atoms with Crippen LogP contribution < -0.4 is 5.32 Å². The van der Waals surface area contributed by atoms with Gasteiger partial charge in [0.15, 0.2) is 5.78 Å². The molecule has 0 spiro atoms. The molecular weight excluding hydrogens is 356 g/mol. The van der Waals surface area contributed by atoms with Gasteiger partial charge in [-0.25, -0.2) is 0 Å². The second kappa shape index (κ2) is 7.28. The molecule has 1 aliphatic heterocycles. The van der Waals surface area contributed by atoms with Crippen LogP contribution in [0.15, 0.2) is 48.5 Å². The van der Waals surface area contributed by atoms with E-state index in [9.17, 15) is 4.79 Å². The van der Waals surface area contributed by atoms with E-state index in [0.29, 0.717) is 11.7 Å². The van der Waals surface area contributed by atoms with Gasteiger partial charge in [0, 0.05) is 24.3 Å². The van der Waals surface area contributed by atoms with Gasteiger partial charge in [0.2, 0.25) is 0 Å². The van der Waals surface area contributed by atoms with Crippen molar-refractivity contribution in [2.45, 2.75) is 57.5 Å². The lowest BCUT2D eigenvalue weighted by Crippen LogP contribution is -2.53. The van der Waals surface area contributed by atoms with E-state index in [1.54, 1.807) is 0 Å². The van der Waals surface area contributed by atoms with Gasteiger partial charge in [0.1, 0.15) is 0 Å². The normalized spacial score (nSPS) is 29.2. The van der Waals surface area contributed by atoms with Crippen molar-refractivity contribution in [2.75, 3.05) is 18.4 Å². The van der Waals surface area contributed by atoms with E-state index in [4.69, 9.17) is 0 Å². The average Bonchev–Trinajstić information content (AvgIpc) is 3.56. The Morgan fingerprint density at radius 1 is 1.14 bits per heavy atom. The standard InChI is InChI=1S/C26H32N2O/c1-18-24-25(29)22-12-11-21(27-16-19-7-4-3-5-8-19)15-23(22)26(18,2)13-6-14-28(24)17-20-9-10-20/h3-5,7-8,11-12,15,18,20,24,27H,6,9-10,13-14,16-17H2,1-2H3/t18-,24-,26+/m0/s1. The number of rotatable bonds is 5. The summed E-state index contributed by atoms with van der Waals surface area (Å²) in [7, 11) is 0. The summed E-state index contributed by atoms with van der Waals surface area (Å²) in [6.45, 7) is 7.71. The maximum absolute atomic E-state index is 13.6. The van der Waals surface area contributed by atoms with E-state index in [0.717, 1.165) is 43.2 Å². The summed E-state index contributed by atoms with van der Waals surface area (Å²) in [6.07, 6.45) is 5.03. The van der Waals surface area contributed by atoms with Crippen LogP contribution in [0.5, 0.6) is 0 Å². The van der Waals surface area contributed by atoms with E-state index >= 15 is 0 Å². The highest BCUT2D eigenvalue weighted by Gasteiger charge is 2.51. The third-order valence-corrected chi connectivity index (χ3v) is 7.71. The fourth-order valence-corrected chi connectivity index (χ4v) is 5.59. The molecule has 2 aliphatic carbocycles. The zero-order valence-electron chi connectivity index (χ0n) is 17.7. The zero-order chi connectivity index (χ0) is 20.0. The molecule has 0 amide bonds. The first-order valence-electron chi connectivity index (χ1n) is 11.3. The molecule has 2 bridgehead atoms. The van der Waals surface area contributed by atoms with Gasteiger partial charge in [-0.3, -0.25) is 9.69 Å². The van der Waals surface area contributed by atoms with Crippen LogP contribution >= 0.6 is 0 Å². The van der Waals surface area contributed by atoms with Crippen molar-refractivity contribution in [3.8, 4) is 0 Å². The number of benzene rings is 2. The van der Waals surface area contributed by atoms with Crippen LogP contribution in [0, 0.1) is 11.8 Å². The first kappa shape index (κ1) is 18.9. The van der Waals surface area contributed by atoms with Crippen molar-refractivity contribution in [3.63, 3.8) is 0 Å². The Kier molecular flexibility index (Phi) is 4.74. The largest absolute Gasteiger partial charge is 0.381 e. The monoisotopic (exact) mass is 388 g/mol. The van der Waals surface area contributed by atoms with Crippen molar-refractivity contribution in [3.05, 3.63) is 65.2 Å². The van der Waals surface area contributed by atoms with Gasteiger partial charge >= 0.3 is 0 Å². The van der Waals surface area contributed by atoms with Gasteiger partial charge < -0.3 is 5.32 Å². The lowest BCUT2D eigenvalue weighted by molar-refractivity contribution is 0.0642. The fraction of sp³-hybridized carbons (Fsp3) is 0.500. The molecule has 1 heterocycles. The number of Topliss-reactive ketones (excluding diaryl/α,β-unsaturated/α-hetero) is 1. The number of nitrogens with one attached hydrogen (secondary N) is 1. The minimum absolute atomic E-state index is 0.0544. The summed E-state index contributed by atoms with van der Waals surface area (Å²) >= 11 is 0. The minimum Gasteiger partial charge on any atom is -0.381 e. The molecule has 1 N–H and O–H groups in total. The first-order chi connectivity index (χ1) is 14.1. The number of hydrogen-bond acceptors (Lipinski definition) is 3. The Hall–Kier alpha value is -2.13. The number of anilines is 1. The minimum atomic E-state index is 0.0544. The maximum atomic E-state index is 13.6. The van der Waals surface area contributed by atoms with E-state index < -0.39 is 0 Å². The van der Waals surface area contributed by atoms with Gasteiger partial charge in [-0.2, -0.15) is 0 Å². The molecule has 2 aromatic carbocycles. The summed E-state index contributed by atoms with van der Waals surface area (Å²) in [4.78, 5) is 16.1. The Balaban J connectivity index is 1.45. The number of carbonyl (C=O) groups is 1. The van der Waals surface area contributed by atoms with Crippen molar-refractivity contribution in [1.29, 1.82) is 0 Å². The lowest BCUT2D eigenvalue weighted by Gasteiger charge is -2.46. The highest BCUT2D eigenvalue weighted by molar-refractivity contribution is 6.03. The van der Waals surface area contributed by atoms with Crippen LogP contribution in [0.2, 0.25) is 0 Å². The molecule has 152 valence electrons. The predicted octanol–water partition coefficient (Wildman–Crippen LogP) is 5.26. The van der Waals surface area contributed by atoms with Gasteiger partial charge in [0.05, 0.1) is 6.04 Å². The van der Waals surface area contributed by atoms with Crippen LogP contribution in [0.25, 0.3) is 0 Å². The molecule has 5 rings (SSSR count). The van der Waals surface area contributed by atoms with Crippen molar-refractivity contribution in [2.24, 2.45) is 11.8 Å². The molecule has 2 fully saturated rings. The van der Waals surface area contributed by atoms with E-state index in [-0.39, 0.29) is 11.5 Å². The smallest absolute Gasteiger partial charge is 0.180 e. The summed E-state index contributed by atoms with van der Waals surface area (Å²) < 4.78 is 0. The maximum Gasteiger partial charge on any atom is 0.180 e. The van der Waals surface area contributed by atoms with Crippen molar-refractivity contribution < 1.29 is 4.79 Å². The van der Waals surface area contributed by atoms with E-state index in [1.165, 1.54) is 30.4 Å². The van der Waals surface area contributed by atoms with Crippen LogP contribution in [-0.4, -0.2) is 29.8 Å². The number of hydrogen-bond donors (Lipinski definition) is 1. The van der Waals surface area contributed by atoms with Crippen LogP contribution in [0.1, 0.15) is 61.0 Å². The molecule has 3 heteroatoms. The number of likely N-dealkylation sites (tertiary alicyclic amines) is 1. The lowest BCUT2D eigenvalue weighted by atomic mass is 9.61. The molecular formula is C26H32N2O. The van der Waals surface area contributed by atoms with Gasteiger partial charge in [-0.05, 0) is 78.8 Å². The quantitative estimate of drug-likeness (QED) is 0.758. The van der Waals surface area contributed by atoms with Crippen molar-refractivity contribution >= 4 is 11.5 Å². The third-order valence-electron chi connectivity index (χ3n) is 7.71. The van der Waals surface area contributed by atoms with Crippen LogP contribution in [-0.2, 0) is 12.0 Å².